The number of carbonyl (C=O) groups is 1. The molecule has 9 nitrogen and oxygen atoms in total. The maximum absolute atomic E-state index is 12.9. The van der Waals surface area contributed by atoms with E-state index in [2.05, 4.69) is 9.71 Å². The first-order valence-corrected chi connectivity index (χ1v) is 12.8. The van der Waals surface area contributed by atoms with Crippen molar-refractivity contribution in [3.63, 3.8) is 0 Å². The molecule has 1 fully saturated rings. The van der Waals surface area contributed by atoms with Crippen molar-refractivity contribution in [3.05, 3.63) is 65.9 Å². The van der Waals surface area contributed by atoms with Crippen molar-refractivity contribution in [3.8, 4) is 5.75 Å². The monoisotopic (exact) mass is 499 g/mol. The van der Waals surface area contributed by atoms with Gasteiger partial charge in [0.05, 0.1) is 23.6 Å². The Hall–Kier alpha value is -3.05. The van der Waals surface area contributed by atoms with Crippen LogP contribution in [0.4, 0.5) is 0 Å². The molecule has 3 aromatic rings. The van der Waals surface area contributed by atoms with Crippen LogP contribution in [0.1, 0.15) is 18.2 Å². The third-order valence-electron chi connectivity index (χ3n) is 6.23. The van der Waals surface area contributed by atoms with Gasteiger partial charge < -0.3 is 14.6 Å². The molecule has 0 spiro atoms. The number of aryl methyl sites for hydroxylation is 1. The molecular weight excluding hydrogens is 470 g/mol. The summed E-state index contributed by atoms with van der Waals surface area (Å²) in [5, 5.41) is 10.8. The number of ether oxygens (including phenoxy) is 2. The van der Waals surface area contributed by atoms with Crippen molar-refractivity contribution < 1.29 is 27.8 Å². The van der Waals surface area contributed by atoms with E-state index in [1.165, 1.54) is 19.1 Å². The highest BCUT2D eigenvalue weighted by Crippen LogP contribution is 2.23. The van der Waals surface area contributed by atoms with Gasteiger partial charge in [0.25, 0.3) is 0 Å². The van der Waals surface area contributed by atoms with Crippen molar-refractivity contribution >= 4 is 26.9 Å². The number of morpholine rings is 1. The summed E-state index contributed by atoms with van der Waals surface area (Å²) in [5.41, 5.74) is 1.39. The van der Waals surface area contributed by atoms with E-state index in [-0.39, 0.29) is 11.4 Å². The summed E-state index contributed by atoms with van der Waals surface area (Å²) in [7, 11) is -3.92. The largest absolute Gasteiger partial charge is 0.489 e. The zero-order chi connectivity index (χ0) is 25.1. The summed E-state index contributed by atoms with van der Waals surface area (Å²) in [6.45, 7) is 5.15. The molecule has 0 unspecified atom stereocenters. The predicted octanol–water partition coefficient (Wildman–Crippen LogP) is 2.58. The molecule has 186 valence electrons. The Balaban J connectivity index is 1.43. The van der Waals surface area contributed by atoms with Gasteiger partial charge in [0.1, 0.15) is 17.9 Å². The standard InChI is InChI=1S/C25H29N3O6S/c1-18-15-19(22-5-3-4-6-23(22)27-18)16-34-20-7-9-21(10-8-20)35(31,32)26-17-25(2,24(29)30)28-11-13-33-14-12-28/h3-10,15,26H,11-14,16-17H2,1-2H3,(H,29,30)/t25-/m0/s1. The summed E-state index contributed by atoms with van der Waals surface area (Å²) < 4.78 is 39.4. The summed E-state index contributed by atoms with van der Waals surface area (Å²) in [5.74, 6) is -0.573. The van der Waals surface area contributed by atoms with Crippen molar-refractivity contribution in [2.45, 2.75) is 30.9 Å². The fourth-order valence-electron chi connectivity index (χ4n) is 4.09. The van der Waals surface area contributed by atoms with Gasteiger partial charge in [-0.1, -0.05) is 18.2 Å². The van der Waals surface area contributed by atoms with E-state index in [1.807, 2.05) is 37.3 Å². The second kappa shape index (κ2) is 10.3. The van der Waals surface area contributed by atoms with Gasteiger partial charge in [0, 0.05) is 36.3 Å². The van der Waals surface area contributed by atoms with Gasteiger partial charge in [-0.15, -0.1) is 0 Å². The second-order valence-corrected chi connectivity index (χ2v) is 10.5. The van der Waals surface area contributed by atoms with Gasteiger partial charge in [-0.05, 0) is 50.2 Å². The first-order chi connectivity index (χ1) is 16.7. The van der Waals surface area contributed by atoms with Crippen LogP contribution in [0.15, 0.2) is 59.5 Å². The Morgan fingerprint density at radius 1 is 1.17 bits per heavy atom. The van der Waals surface area contributed by atoms with E-state index in [4.69, 9.17) is 9.47 Å². The van der Waals surface area contributed by atoms with Crippen LogP contribution >= 0.6 is 0 Å². The lowest BCUT2D eigenvalue weighted by molar-refractivity contribution is -0.152. The normalized spacial score (nSPS) is 16.6. The maximum Gasteiger partial charge on any atom is 0.325 e. The number of nitrogens with zero attached hydrogens (tertiary/aromatic N) is 2. The molecule has 1 atom stereocenters. The molecule has 2 aromatic carbocycles. The van der Waals surface area contributed by atoms with E-state index >= 15 is 0 Å². The van der Waals surface area contributed by atoms with Crippen LogP contribution in [-0.4, -0.2) is 67.8 Å². The lowest BCUT2D eigenvalue weighted by Crippen LogP contribution is -2.61. The molecule has 0 bridgehead atoms. The van der Waals surface area contributed by atoms with Crippen LogP contribution < -0.4 is 9.46 Å². The van der Waals surface area contributed by atoms with E-state index in [0.717, 1.165) is 22.2 Å². The number of carboxylic acid groups (broad SMARTS) is 1. The van der Waals surface area contributed by atoms with Crippen molar-refractivity contribution in [1.82, 2.24) is 14.6 Å². The Morgan fingerprint density at radius 2 is 1.86 bits per heavy atom. The minimum Gasteiger partial charge on any atom is -0.489 e. The van der Waals surface area contributed by atoms with E-state index in [1.54, 1.807) is 17.0 Å². The molecule has 1 aliphatic rings. The summed E-state index contributed by atoms with van der Waals surface area (Å²) in [4.78, 5) is 18.3. The quantitative estimate of drug-likeness (QED) is 0.461. The molecule has 0 radical (unpaired) electrons. The zero-order valence-corrected chi connectivity index (χ0v) is 20.5. The highest BCUT2D eigenvalue weighted by molar-refractivity contribution is 7.89. The van der Waals surface area contributed by atoms with Crippen molar-refractivity contribution in [2.75, 3.05) is 32.8 Å². The minimum atomic E-state index is -3.92. The van der Waals surface area contributed by atoms with Crippen molar-refractivity contribution in [2.24, 2.45) is 0 Å². The SMILES string of the molecule is Cc1cc(COc2ccc(S(=O)(=O)NC[C@@](C)(C(=O)O)N3CCOCC3)cc2)c2ccccc2n1. The highest BCUT2D eigenvalue weighted by atomic mass is 32.2. The predicted molar refractivity (Wildman–Crippen MR) is 131 cm³/mol. The van der Waals surface area contributed by atoms with Gasteiger partial charge in [0.15, 0.2) is 0 Å². The Kier molecular flexibility index (Phi) is 7.36. The van der Waals surface area contributed by atoms with E-state index < -0.39 is 21.5 Å². The van der Waals surface area contributed by atoms with Crippen LogP contribution in [0, 0.1) is 6.92 Å². The average molecular weight is 500 g/mol. The summed E-state index contributed by atoms with van der Waals surface area (Å²) in [6, 6.07) is 15.9. The molecule has 0 saturated carbocycles. The molecule has 0 amide bonds. The molecule has 10 heteroatoms. The first-order valence-electron chi connectivity index (χ1n) is 11.3. The number of fused-ring (bicyclic) bond motifs is 1. The Bertz CT molecular complexity index is 1310. The van der Waals surface area contributed by atoms with E-state index in [0.29, 0.717) is 38.7 Å². The van der Waals surface area contributed by atoms with Gasteiger partial charge >= 0.3 is 5.97 Å². The Morgan fingerprint density at radius 3 is 2.54 bits per heavy atom. The smallest absolute Gasteiger partial charge is 0.325 e. The molecule has 1 saturated heterocycles. The van der Waals surface area contributed by atoms with Crippen LogP contribution in [0.2, 0.25) is 0 Å². The number of carboxylic acids is 1. The van der Waals surface area contributed by atoms with Gasteiger partial charge in [-0.25, -0.2) is 13.1 Å². The van der Waals surface area contributed by atoms with Gasteiger partial charge in [-0.3, -0.25) is 14.7 Å². The number of para-hydroxylation sites is 1. The summed E-state index contributed by atoms with van der Waals surface area (Å²) in [6.07, 6.45) is 0. The number of hydrogen-bond donors (Lipinski definition) is 2. The molecule has 2 N–H and O–H groups in total. The molecule has 1 aromatic heterocycles. The molecule has 1 aliphatic heterocycles. The van der Waals surface area contributed by atoms with E-state index in [9.17, 15) is 18.3 Å². The zero-order valence-electron chi connectivity index (χ0n) is 19.7. The number of nitrogens with one attached hydrogen (secondary N) is 1. The molecule has 35 heavy (non-hydrogen) atoms. The van der Waals surface area contributed by atoms with Crippen molar-refractivity contribution in [1.29, 1.82) is 0 Å². The number of aliphatic carboxylic acids is 1. The first kappa shape index (κ1) is 25.1. The third kappa shape index (κ3) is 5.62. The summed E-state index contributed by atoms with van der Waals surface area (Å²) >= 11 is 0. The molecule has 0 aliphatic carbocycles. The number of benzene rings is 2. The number of pyridine rings is 1. The number of hydrogen-bond acceptors (Lipinski definition) is 7. The second-order valence-electron chi connectivity index (χ2n) is 8.70. The fraction of sp³-hybridized carbons (Fsp3) is 0.360. The van der Waals surface area contributed by atoms with Crippen LogP contribution in [0.5, 0.6) is 5.75 Å². The topological polar surface area (TPSA) is 118 Å². The molecule has 4 rings (SSSR count). The fourth-order valence-corrected chi connectivity index (χ4v) is 5.22. The lowest BCUT2D eigenvalue weighted by atomic mass is 10.00. The molecule has 2 heterocycles. The van der Waals surface area contributed by atoms with Crippen LogP contribution in [0.3, 0.4) is 0 Å². The lowest BCUT2D eigenvalue weighted by Gasteiger charge is -2.40. The number of rotatable bonds is 9. The number of sulfonamides is 1. The van der Waals surface area contributed by atoms with Gasteiger partial charge in [-0.2, -0.15) is 0 Å². The minimum absolute atomic E-state index is 0.0322. The third-order valence-corrected chi connectivity index (χ3v) is 7.65. The van der Waals surface area contributed by atoms with Crippen LogP contribution in [-0.2, 0) is 26.2 Å². The molecular formula is C25H29N3O6S. The highest BCUT2D eigenvalue weighted by Gasteiger charge is 2.41. The number of aromatic nitrogens is 1. The van der Waals surface area contributed by atoms with Crippen LogP contribution in [0.25, 0.3) is 10.9 Å². The average Bonchev–Trinajstić information content (AvgIpc) is 2.86. The van der Waals surface area contributed by atoms with Gasteiger partial charge in [0.2, 0.25) is 10.0 Å². The maximum atomic E-state index is 12.9. The Labute approximate surface area is 204 Å².